The van der Waals surface area contributed by atoms with Gasteiger partial charge in [-0.15, -0.1) is 10.2 Å². The minimum Gasteiger partial charge on any atom is -0.207 e. The lowest BCUT2D eigenvalue weighted by atomic mass is 10.00. The van der Waals surface area contributed by atoms with Crippen molar-refractivity contribution < 1.29 is 8.78 Å². The molecule has 0 aliphatic carbocycles. The lowest BCUT2D eigenvalue weighted by Crippen LogP contribution is -2.17. The van der Waals surface area contributed by atoms with Gasteiger partial charge in [0.15, 0.2) is 0 Å². The van der Waals surface area contributed by atoms with Gasteiger partial charge >= 0.3 is 0 Å². The van der Waals surface area contributed by atoms with E-state index in [1.165, 1.54) is 24.3 Å². The molecule has 0 unspecified atom stereocenters. The summed E-state index contributed by atoms with van der Waals surface area (Å²) in [4.78, 5) is 0. The van der Waals surface area contributed by atoms with Crippen molar-refractivity contribution in [3.63, 3.8) is 0 Å². The van der Waals surface area contributed by atoms with Gasteiger partial charge in [-0.1, -0.05) is 84.9 Å². The van der Waals surface area contributed by atoms with E-state index in [-0.39, 0.29) is 11.6 Å². The number of halogens is 2. The summed E-state index contributed by atoms with van der Waals surface area (Å²) >= 11 is 0. The number of benzene rings is 4. The summed E-state index contributed by atoms with van der Waals surface area (Å²) in [5, 5.41) is 17.4. The van der Waals surface area contributed by atoms with Crippen LogP contribution in [0.25, 0.3) is 0 Å². The molecule has 0 aromatic heterocycles. The lowest BCUT2D eigenvalue weighted by molar-refractivity contribution is 0.627. The van der Waals surface area contributed by atoms with Crippen LogP contribution in [0.1, 0.15) is 22.3 Å². The first-order valence-electron chi connectivity index (χ1n) is 10.5. The number of hydrogen-bond donors (Lipinski definition) is 0. The molecule has 0 fully saturated rings. The maximum Gasteiger partial charge on any atom is 0.123 e. The van der Waals surface area contributed by atoms with Crippen LogP contribution in [0.2, 0.25) is 0 Å². The normalized spacial score (nSPS) is 12.5. The van der Waals surface area contributed by atoms with E-state index < -0.39 is 0 Å². The zero-order valence-electron chi connectivity index (χ0n) is 18.1. The molecule has 4 nitrogen and oxygen atoms in total. The summed E-state index contributed by atoms with van der Waals surface area (Å²) < 4.78 is 26.4. The summed E-state index contributed by atoms with van der Waals surface area (Å²) in [6, 6.07) is 31.0. The van der Waals surface area contributed by atoms with Crippen LogP contribution < -0.4 is 0 Å². The number of nitrogens with zero attached hydrogens (tertiary/aromatic N) is 4. The average Bonchev–Trinajstić information content (AvgIpc) is 2.88. The first-order valence-corrected chi connectivity index (χ1v) is 10.5. The highest BCUT2D eigenvalue weighted by molar-refractivity contribution is 6.53. The van der Waals surface area contributed by atoms with Gasteiger partial charge in [0.05, 0.1) is 12.4 Å². The van der Waals surface area contributed by atoms with E-state index in [4.69, 9.17) is 0 Å². The van der Waals surface area contributed by atoms with Gasteiger partial charge in [0, 0.05) is 11.1 Å². The molecule has 0 spiro atoms. The van der Waals surface area contributed by atoms with Crippen LogP contribution in [0.4, 0.5) is 8.78 Å². The molecular weight excluding hydrogens is 430 g/mol. The van der Waals surface area contributed by atoms with E-state index in [0.29, 0.717) is 22.6 Å². The molecule has 0 aliphatic heterocycles. The van der Waals surface area contributed by atoms with Crippen LogP contribution in [0.3, 0.4) is 0 Å². The highest BCUT2D eigenvalue weighted by atomic mass is 19.1. The van der Waals surface area contributed by atoms with Crippen molar-refractivity contribution in [3.05, 3.63) is 143 Å². The average molecular weight is 450 g/mol. The van der Waals surface area contributed by atoms with Gasteiger partial charge in [-0.05, 0) is 35.4 Å². The largest absolute Gasteiger partial charge is 0.207 e. The Morgan fingerprint density at radius 2 is 0.824 bits per heavy atom. The minimum absolute atomic E-state index is 0.317. The molecule has 166 valence electrons. The Labute approximate surface area is 196 Å². The molecule has 0 aliphatic rings. The summed E-state index contributed by atoms with van der Waals surface area (Å²) in [5.41, 5.74) is 4.06. The van der Waals surface area contributed by atoms with Gasteiger partial charge in [-0.25, -0.2) is 8.78 Å². The van der Waals surface area contributed by atoms with E-state index >= 15 is 0 Å². The smallest absolute Gasteiger partial charge is 0.123 e. The van der Waals surface area contributed by atoms with Gasteiger partial charge < -0.3 is 0 Å². The fourth-order valence-electron chi connectivity index (χ4n) is 3.08. The Kier molecular flexibility index (Phi) is 7.54. The molecule has 6 heteroatoms. The van der Waals surface area contributed by atoms with Crippen molar-refractivity contribution in [2.75, 3.05) is 0 Å². The summed E-state index contributed by atoms with van der Waals surface area (Å²) in [6.45, 7) is 0. The summed E-state index contributed by atoms with van der Waals surface area (Å²) in [7, 11) is 0. The summed E-state index contributed by atoms with van der Waals surface area (Å²) in [5.74, 6) is -0.633. The molecule has 0 saturated heterocycles. The molecule has 4 aromatic carbocycles. The van der Waals surface area contributed by atoms with Crippen molar-refractivity contribution in [1.29, 1.82) is 0 Å². The van der Waals surface area contributed by atoms with E-state index in [1.807, 2.05) is 60.7 Å². The predicted octanol–water partition coefficient (Wildman–Crippen LogP) is 6.31. The SMILES string of the molecule is Fc1ccc(C=NN=C(C(=NN=Cc2ccc(F)cc2)c2ccccc2)c2ccccc2)cc1. The second-order valence-electron chi connectivity index (χ2n) is 7.22. The maximum atomic E-state index is 13.2. The molecule has 0 radical (unpaired) electrons. The van der Waals surface area contributed by atoms with Crippen LogP contribution >= 0.6 is 0 Å². The van der Waals surface area contributed by atoms with Crippen LogP contribution in [-0.4, -0.2) is 23.9 Å². The molecule has 0 heterocycles. The Hall–Kier alpha value is -4.58. The topological polar surface area (TPSA) is 49.4 Å². The monoisotopic (exact) mass is 450 g/mol. The fourth-order valence-corrected chi connectivity index (χ4v) is 3.08. The van der Waals surface area contributed by atoms with Crippen molar-refractivity contribution in [2.45, 2.75) is 0 Å². The molecule has 0 atom stereocenters. The standard InChI is InChI=1S/C28H20F2N4/c29-25-15-11-21(12-16-25)19-31-33-27(23-7-3-1-4-8-23)28(24-9-5-2-6-10-24)34-32-20-22-13-17-26(30)18-14-22/h1-20H. The molecule has 4 aromatic rings. The molecule has 0 amide bonds. The molecular formula is C28H20F2N4. The van der Waals surface area contributed by atoms with Gasteiger partial charge in [0.25, 0.3) is 0 Å². The molecule has 0 N–H and O–H groups in total. The lowest BCUT2D eigenvalue weighted by Gasteiger charge is -2.08. The van der Waals surface area contributed by atoms with Gasteiger partial charge in [0.2, 0.25) is 0 Å². The second-order valence-corrected chi connectivity index (χ2v) is 7.22. The van der Waals surface area contributed by atoms with Crippen LogP contribution in [0, 0.1) is 11.6 Å². The van der Waals surface area contributed by atoms with Crippen LogP contribution in [0.5, 0.6) is 0 Å². The van der Waals surface area contributed by atoms with Crippen molar-refractivity contribution in [3.8, 4) is 0 Å². The highest BCUT2D eigenvalue weighted by Gasteiger charge is 2.14. The Balaban J connectivity index is 1.76. The van der Waals surface area contributed by atoms with Gasteiger partial charge in [0.1, 0.15) is 23.1 Å². The highest BCUT2D eigenvalue weighted by Crippen LogP contribution is 2.12. The van der Waals surface area contributed by atoms with Crippen LogP contribution in [-0.2, 0) is 0 Å². The molecule has 0 saturated carbocycles. The van der Waals surface area contributed by atoms with Gasteiger partial charge in [-0.2, -0.15) is 10.2 Å². The van der Waals surface area contributed by atoms with Crippen molar-refractivity contribution in [1.82, 2.24) is 0 Å². The second kappa shape index (κ2) is 11.3. The predicted molar refractivity (Wildman–Crippen MR) is 134 cm³/mol. The zero-order valence-corrected chi connectivity index (χ0v) is 18.1. The zero-order chi connectivity index (χ0) is 23.6. The first kappa shape index (κ1) is 22.6. The fraction of sp³-hybridized carbons (Fsp3) is 0. The van der Waals surface area contributed by atoms with Crippen molar-refractivity contribution >= 4 is 23.9 Å². The van der Waals surface area contributed by atoms with E-state index in [9.17, 15) is 8.78 Å². The minimum atomic E-state index is -0.317. The van der Waals surface area contributed by atoms with E-state index in [0.717, 1.165) is 11.1 Å². The Morgan fingerprint density at radius 1 is 0.471 bits per heavy atom. The number of hydrogen-bond acceptors (Lipinski definition) is 4. The Bertz CT molecular complexity index is 1220. The first-order chi connectivity index (χ1) is 16.7. The maximum absolute atomic E-state index is 13.2. The molecule has 0 bridgehead atoms. The van der Waals surface area contributed by atoms with E-state index in [2.05, 4.69) is 20.4 Å². The van der Waals surface area contributed by atoms with Crippen LogP contribution in [0.15, 0.2) is 130 Å². The van der Waals surface area contributed by atoms with Gasteiger partial charge in [-0.3, -0.25) is 0 Å². The Morgan fingerprint density at radius 3 is 1.18 bits per heavy atom. The number of rotatable bonds is 7. The molecule has 34 heavy (non-hydrogen) atoms. The molecule has 4 rings (SSSR count). The quantitative estimate of drug-likeness (QED) is 0.234. The summed E-state index contributed by atoms with van der Waals surface area (Å²) in [6.07, 6.45) is 3.10. The third kappa shape index (κ3) is 6.23. The van der Waals surface area contributed by atoms with Crippen molar-refractivity contribution in [2.24, 2.45) is 20.4 Å². The third-order valence-electron chi connectivity index (χ3n) is 4.79. The third-order valence-corrected chi connectivity index (χ3v) is 4.79. The van der Waals surface area contributed by atoms with E-state index in [1.54, 1.807) is 36.7 Å².